The van der Waals surface area contributed by atoms with Crippen molar-refractivity contribution in [2.45, 2.75) is 20.3 Å². The third-order valence-electron chi connectivity index (χ3n) is 4.74. The molecule has 1 N–H and O–H groups in total. The van der Waals surface area contributed by atoms with E-state index in [-0.39, 0.29) is 0 Å². The van der Waals surface area contributed by atoms with Crippen molar-refractivity contribution in [2.24, 2.45) is 4.99 Å². The van der Waals surface area contributed by atoms with Crippen LogP contribution in [0.2, 0.25) is 0 Å². The Morgan fingerprint density at radius 1 is 1.08 bits per heavy atom. The first kappa shape index (κ1) is 15.6. The van der Waals surface area contributed by atoms with E-state index in [2.05, 4.69) is 54.7 Å². The van der Waals surface area contributed by atoms with Crippen LogP contribution in [0.1, 0.15) is 28.9 Å². The zero-order valence-corrected chi connectivity index (χ0v) is 14.6. The molecule has 0 bridgehead atoms. The summed E-state index contributed by atoms with van der Waals surface area (Å²) in [6.07, 6.45) is 2.98. The van der Waals surface area contributed by atoms with Gasteiger partial charge in [-0.05, 0) is 60.2 Å². The number of aliphatic imine (C=N–C) groups is 1. The van der Waals surface area contributed by atoms with Crippen LogP contribution in [0.25, 0.3) is 16.6 Å². The number of fused-ring (bicyclic) bond motifs is 1. The topological polar surface area (TPSA) is 41.0 Å². The molecule has 0 radical (unpaired) electrons. The summed E-state index contributed by atoms with van der Waals surface area (Å²) in [5.74, 6) is 0.847. The molecule has 4 rings (SSSR count). The second-order valence-corrected chi connectivity index (χ2v) is 6.57. The number of para-hydroxylation sites is 2. The van der Waals surface area contributed by atoms with Crippen LogP contribution in [-0.2, 0) is 0 Å². The van der Waals surface area contributed by atoms with Gasteiger partial charge in [-0.25, -0.2) is 4.98 Å². The standard InChI is InChI=1S/C22H21N3/c1-14-7-6-8-15(2)20(14)16(3)13-17-11-12-23-21(17)22-24-18-9-4-5-10-19(18)25-22/h4-11H,3,12-13H2,1-2H3,(H,24,25). The minimum atomic E-state index is 0.710. The molecule has 124 valence electrons. The summed E-state index contributed by atoms with van der Waals surface area (Å²) in [4.78, 5) is 12.8. The molecule has 0 saturated carbocycles. The molecule has 0 spiro atoms. The molecule has 2 heterocycles. The van der Waals surface area contributed by atoms with Crippen LogP contribution in [0.3, 0.4) is 0 Å². The quantitative estimate of drug-likeness (QED) is 0.719. The highest BCUT2D eigenvalue weighted by Crippen LogP contribution is 2.29. The SMILES string of the molecule is C=C(CC1=CCN=C1c1nc2ccccc2[nH]1)c1c(C)cccc1C. The van der Waals surface area contributed by atoms with Crippen molar-refractivity contribution in [3.8, 4) is 0 Å². The zero-order chi connectivity index (χ0) is 17.4. The number of hydrogen-bond acceptors (Lipinski definition) is 2. The van der Waals surface area contributed by atoms with E-state index in [0.29, 0.717) is 6.54 Å². The van der Waals surface area contributed by atoms with Crippen LogP contribution in [0.15, 0.2) is 65.7 Å². The predicted molar refractivity (Wildman–Crippen MR) is 105 cm³/mol. The Balaban J connectivity index is 1.63. The normalized spacial score (nSPS) is 13.8. The number of allylic oxidation sites excluding steroid dienone is 2. The third kappa shape index (κ3) is 2.82. The smallest absolute Gasteiger partial charge is 0.157 e. The second kappa shape index (κ2) is 6.17. The Kier molecular flexibility index (Phi) is 3.85. The molecular formula is C22H21N3. The first-order chi connectivity index (χ1) is 12.1. The first-order valence-electron chi connectivity index (χ1n) is 8.57. The van der Waals surface area contributed by atoms with E-state index in [1.165, 1.54) is 22.3 Å². The van der Waals surface area contributed by atoms with E-state index in [0.717, 1.165) is 34.6 Å². The maximum Gasteiger partial charge on any atom is 0.157 e. The van der Waals surface area contributed by atoms with Gasteiger partial charge < -0.3 is 4.98 Å². The second-order valence-electron chi connectivity index (χ2n) is 6.57. The van der Waals surface area contributed by atoms with Gasteiger partial charge in [-0.3, -0.25) is 4.99 Å². The van der Waals surface area contributed by atoms with Gasteiger partial charge in [0, 0.05) is 0 Å². The number of benzene rings is 2. The Bertz CT molecular complexity index is 981. The van der Waals surface area contributed by atoms with Crippen LogP contribution in [0.4, 0.5) is 0 Å². The van der Waals surface area contributed by atoms with E-state index in [9.17, 15) is 0 Å². The number of imidazole rings is 1. The molecule has 25 heavy (non-hydrogen) atoms. The summed E-state index contributed by atoms with van der Waals surface area (Å²) in [5.41, 5.74) is 9.11. The Morgan fingerprint density at radius 2 is 1.84 bits per heavy atom. The number of nitrogens with one attached hydrogen (secondary N) is 1. The van der Waals surface area contributed by atoms with E-state index in [4.69, 9.17) is 4.98 Å². The number of rotatable bonds is 4. The molecule has 0 saturated heterocycles. The van der Waals surface area contributed by atoms with Crippen molar-refractivity contribution in [1.29, 1.82) is 0 Å². The van der Waals surface area contributed by atoms with Gasteiger partial charge in [-0.2, -0.15) is 0 Å². The highest BCUT2D eigenvalue weighted by Gasteiger charge is 2.19. The lowest BCUT2D eigenvalue weighted by Gasteiger charge is -2.14. The highest BCUT2D eigenvalue weighted by molar-refractivity contribution is 6.13. The van der Waals surface area contributed by atoms with Gasteiger partial charge in [0.1, 0.15) is 5.71 Å². The molecule has 3 nitrogen and oxygen atoms in total. The van der Waals surface area contributed by atoms with Gasteiger partial charge in [-0.1, -0.05) is 43.0 Å². The summed E-state index contributed by atoms with van der Waals surface area (Å²) in [6.45, 7) is 9.35. The summed E-state index contributed by atoms with van der Waals surface area (Å²) in [6, 6.07) is 14.5. The minimum Gasteiger partial charge on any atom is -0.337 e. The van der Waals surface area contributed by atoms with Crippen molar-refractivity contribution >= 4 is 22.3 Å². The molecule has 1 aromatic heterocycles. The van der Waals surface area contributed by atoms with Crippen LogP contribution in [0.5, 0.6) is 0 Å². The van der Waals surface area contributed by atoms with Gasteiger partial charge in [-0.15, -0.1) is 0 Å². The van der Waals surface area contributed by atoms with E-state index in [1.807, 2.05) is 24.3 Å². The summed E-state index contributed by atoms with van der Waals surface area (Å²) in [7, 11) is 0. The predicted octanol–water partition coefficient (Wildman–Crippen LogP) is 5.01. The molecule has 0 unspecified atom stereocenters. The van der Waals surface area contributed by atoms with Gasteiger partial charge in [0.2, 0.25) is 0 Å². The highest BCUT2D eigenvalue weighted by atomic mass is 15.0. The minimum absolute atomic E-state index is 0.710. The molecule has 0 fully saturated rings. The van der Waals surface area contributed by atoms with Crippen LogP contribution in [-0.4, -0.2) is 22.2 Å². The summed E-state index contributed by atoms with van der Waals surface area (Å²) >= 11 is 0. The fourth-order valence-electron chi connectivity index (χ4n) is 3.58. The fourth-order valence-corrected chi connectivity index (χ4v) is 3.58. The average molecular weight is 327 g/mol. The van der Waals surface area contributed by atoms with Crippen LogP contribution < -0.4 is 0 Å². The lowest BCUT2D eigenvalue weighted by molar-refractivity contribution is 1.23. The van der Waals surface area contributed by atoms with Crippen LogP contribution in [0, 0.1) is 13.8 Å². The summed E-state index contributed by atoms with van der Waals surface area (Å²) < 4.78 is 0. The van der Waals surface area contributed by atoms with Crippen molar-refractivity contribution in [3.63, 3.8) is 0 Å². The number of aryl methyl sites for hydroxylation is 2. The Hall–Kier alpha value is -2.94. The average Bonchev–Trinajstić information content (AvgIpc) is 3.20. The van der Waals surface area contributed by atoms with Gasteiger partial charge in [0.05, 0.1) is 17.6 Å². The molecule has 1 aliphatic rings. The van der Waals surface area contributed by atoms with Crippen molar-refractivity contribution < 1.29 is 0 Å². The van der Waals surface area contributed by atoms with Crippen molar-refractivity contribution in [1.82, 2.24) is 9.97 Å². The maximum absolute atomic E-state index is 4.70. The van der Waals surface area contributed by atoms with Gasteiger partial charge in [0.25, 0.3) is 0 Å². The Labute approximate surface area is 147 Å². The van der Waals surface area contributed by atoms with E-state index >= 15 is 0 Å². The van der Waals surface area contributed by atoms with E-state index < -0.39 is 0 Å². The van der Waals surface area contributed by atoms with Gasteiger partial charge >= 0.3 is 0 Å². The van der Waals surface area contributed by atoms with Crippen LogP contribution >= 0.6 is 0 Å². The molecule has 3 heteroatoms. The number of H-pyrrole nitrogens is 1. The third-order valence-corrected chi connectivity index (χ3v) is 4.74. The summed E-state index contributed by atoms with van der Waals surface area (Å²) in [5, 5.41) is 0. The molecular weight excluding hydrogens is 306 g/mol. The molecule has 0 atom stereocenters. The molecule has 3 aromatic rings. The Morgan fingerprint density at radius 3 is 2.60 bits per heavy atom. The number of nitrogens with zero attached hydrogens (tertiary/aromatic N) is 2. The monoisotopic (exact) mass is 327 g/mol. The zero-order valence-electron chi connectivity index (χ0n) is 14.6. The first-order valence-corrected chi connectivity index (χ1v) is 8.57. The lowest BCUT2D eigenvalue weighted by Crippen LogP contribution is -2.06. The largest absolute Gasteiger partial charge is 0.337 e. The van der Waals surface area contributed by atoms with Gasteiger partial charge in [0.15, 0.2) is 5.82 Å². The van der Waals surface area contributed by atoms with E-state index in [1.54, 1.807) is 0 Å². The molecule has 0 amide bonds. The number of aromatic amines is 1. The maximum atomic E-state index is 4.70. The van der Waals surface area contributed by atoms with Crippen molar-refractivity contribution in [2.75, 3.05) is 6.54 Å². The number of aromatic nitrogens is 2. The molecule has 0 aliphatic carbocycles. The molecule has 2 aromatic carbocycles. The lowest BCUT2D eigenvalue weighted by atomic mass is 9.91. The fraction of sp³-hybridized carbons (Fsp3) is 0.182. The number of hydrogen-bond donors (Lipinski definition) is 1. The van der Waals surface area contributed by atoms with Crippen molar-refractivity contribution in [3.05, 3.63) is 83.2 Å². The molecule has 1 aliphatic heterocycles.